The molecule has 1 heterocycles. The van der Waals surface area contributed by atoms with Crippen LogP contribution in [0.5, 0.6) is 11.5 Å². The van der Waals surface area contributed by atoms with Crippen molar-refractivity contribution in [2.75, 3.05) is 17.1 Å². The molecule has 0 amide bonds. The number of anilines is 1. The van der Waals surface area contributed by atoms with Gasteiger partial charge in [0, 0.05) is 12.6 Å². The monoisotopic (exact) mass is 331 g/mol. The lowest BCUT2D eigenvalue weighted by molar-refractivity contribution is 0.409. The van der Waals surface area contributed by atoms with E-state index in [1.165, 1.54) is 14.0 Å². The van der Waals surface area contributed by atoms with Crippen LogP contribution in [0.15, 0.2) is 28.7 Å². The highest BCUT2D eigenvalue weighted by atomic mass is 35.5. The Morgan fingerprint density at radius 3 is 2.43 bits per heavy atom. The molecule has 0 atom stereocenters. The van der Waals surface area contributed by atoms with Crippen LogP contribution in [0.2, 0.25) is 5.02 Å². The summed E-state index contributed by atoms with van der Waals surface area (Å²) in [6.07, 6.45) is 0. The van der Waals surface area contributed by atoms with Crippen molar-refractivity contribution < 1.29 is 23.0 Å². The molecule has 0 aliphatic carbocycles. The van der Waals surface area contributed by atoms with E-state index < -0.39 is 21.5 Å². The summed E-state index contributed by atoms with van der Waals surface area (Å²) in [7, 11) is -2.40. The van der Waals surface area contributed by atoms with Crippen molar-refractivity contribution >= 4 is 27.5 Å². The van der Waals surface area contributed by atoms with Gasteiger partial charge in [-0.25, -0.2) is 12.7 Å². The molecule has 0 aliphatic rings. The molecule has 0 radical (unpaired) electrons. The lowest BCUT2D eigenvalue weighted by Crippen LogP contribution is -2.27. The van der Waals surface area contributed by atoms with Crippen molar-refractivity contribution in [3.05, 3.63) is 29.3 Å². The maximum atomic E-state index is 11.8. The maximum absolute atomic E-state index is 11.8. The normalized spacial score (nSPS) is 11.6. The van der Waals surface area contributed by atoms with Crippen LogP contribution < -0.4 is 4.31 Å². The molecule has 0 bridgehead atoms. The molecule has 2 rings (SSSR count). The smallest absolute Gasteiger partial charge is 0.256 e. The Labute approximate surface area is 127 Å². The Bertz CT molecular complexity index is 769. The lowest BCUT2D eigenvalue weighted by Gasteiger charge is -2.14. The summed E-state index contributed by atoms with van der Waals surface area (Å²) < 4.78 is 29.8. The SMILES string of the molecule is CCS(=O)(=O)N(C)c1oc(-c2ccccc2Cl)c(O)c1O. The topological polar surface area (TPSA) is 91.0 Å². The number of nitrogens with zero attached hydrogens (tertiary/aromatic N) is 1. The zero-order valence-corrected chi connectivity index (χ0v) is 12.9. The average Bonchev–Trinajstić information content (AvgIpc) is 2.75. The molecule has 1 aromatic heterocycles. The fourth-order valence-electron chi connectivity index (χ4n) is 1.76. The van der Waals surface area contributed by atoms with Gasteiger partial charge in [-0.1, -0.05) is 23.7 Å². The van der Waals surface area contributed by atoms with Crippen molar-refractivity contribution in [1.29, 1.82) is 0 Å². The van der Waals surface area contributed by atoms with Crippen LogP contribution in [-0.4, -0.2) is 31.4 Å². The van der Waals surface area contributed by atoms with Crippen molar-refractivity contribution in [3.8, 4) is 22.8 Å². The number of hydrogen-bond donors (Lipinski definition) is 2. The maximum Gasteiger partial charge on any atom is 0.256 e. The highest BCUT2D eigenvalue weighted by Crippen LogP contribution is 2.48. The summed E-state index contributed by atoms with van der Waals surface area (Å²) in [5.41, 5.74) is 0.348. The molecule has 2 aromatic rings. The Hall–Kier alpha value is -1.86. The van der Waals surface area contributed by atoms with Gasteiger partial charge in [-0.3, -0.25) is 0 Å². The average molecular weight is 332 g/mol. The molecule has 0 saturated carbocycles. The predicted octanol–water partition coefficient (Wildman–Crippen LogP) is 2.80. The van der Waals surface area contributed by atoms with Gasteiger partial charge in [0.05, 0.1) is 10.8 Å². The van der Waals surface area contributed by atoms with Crippen molar-refractivity contribution in [1.82, 2.24) is 0 Å². The second-order valence-corrected chi connectivity index (χ2v) is 6.98. The van der Waals surface area contributed by atoms with Crippen molar-refractivity contribution in [2.45, 2.75) is 6.92 Å². The molecule has 0 unspecified atom stereocenters. The fraction of sp³-hybridized carbons (Fsp3) is 0.231. The van der Waals surface area contributed by atoms with Crippen molar-refractivity contribution in [3.63, 3.8) is 0 Å². The predicted molar refractivity (Wildman–Crippen MR) is 80.3 cm³/mol. The molecule has 6 nitrogen and oxygen atoms in total. The van der Waals surface area contributed by atoms with E-state index in [2.05, 4.69) is 0 Å². The quantitative estimate of drug-likeness (QED) is 0.899. The van der Waals surface area contributed by atoms with Gasteiger partial charge >= 0.3 is 0 Å². The van der Waals surface area contributed by atoms with Gasteiger partial charge in [0.25, 0.3) is 5.88 Å². The molecule has 1 aromatic carbocycles. The largest absolute Gasteiger partial charge is 0.502 e. The number of sulfonamides is 1. The van der Waals surface area contributed by atoms with Crippen LogP contribution >= 0.6 is 11.6 Å². The Morgan fingerprint density at radius 1 is 1.24 bits per heavy atom. The zero-order chi connectivity index (χ0) is 15.8. The molecule has 8 heteroatoms. The van der Waals surface area contributed by atoms with E-state index in [1.54, 1.807) is 24.3 Å². The lowest BCUT2D eigenvalue weighted by atomic mass is 10.1. The van der Waals surface area contributed by atoms with Gasteiger partial charge in [0.15, 0.2) is 5.76 Å². The number of benzene rings is 1. The van der Waals surface area contributed by atoms with Crippen molar-refractivity contribution in [2.24, 2.45) is 0 Å². The van der Waals surface area contributed by atoms with Crippen LogP contribution in [-0.2, 0) is 10.0 Å². The number of aromatic hydroxyl groups is 2. The van der Waals surface area contributed by atoms with E-state index in [4.69, 9.17) is 16.0 Å². The Kier molecular flexibility index (Phi) is 4.06. The first kappa shape index (κ1) is 15.5. The van der Waals surface area contributed by atoms with Crippen LogP contribution in [0.4, 0.5) is 5.88 Å². The van der Waals surface area contributed by atoms with Crippen LogP contribution in [0.3, 0.4) is 0 Å². The van der Waals surface area contributed by atoms with E-state index in [-0.39, 0.29) is 17.4 Å². The summed E-state index contributed by atoms with van der Waals surface area (Å²) in [5, 5.41) is 20.2. The van der Waals surface area contributed by atoms with E-state index in [0.29, 0.717) is 10.6 Å². The first-order valence-corrected chi connectivity index (χ1v) is 8.04. The molecule has 2 N–H and O–H groups in total. The molecule has 114 valence electrons. The van der Waals surface area contributed by atoms with Crippen LogP contribution in [0.25, 0.3) is 11.3 Å². The first-order valence-electron chi connectivity index (χ1n) is 6.05. The van der Waals surface area contributed by atoms with Gasteiger partial charge in [0.1, 0.15) is 0 Å². The summed E-state index contributed by atoms with van der Waals surface area (Å²) in [6, 6.07) is 6.53. The minimum absolute atomic E-state index is 0.0914. The standard InChI is InChI=1S/C13H14ClNO5S/c1-3-21(18,19)15(2)13-11(17)10(16)12(20-13)8-6-4-5-7-9(8)14/h4-7,16-17H,3H2,1-2H3. The highest BCUT2D eigenvalue weighted by Gasteiger charge is 2.29. The van der Waals surface area contributed by atoms with Gasteiger partial charge in [-0.15, -0.1) is 0 Å². The first-order chi connectivity index (χ1) is 9.79. The summed E-state index contributed by atoms with van der Waals surface area (Å²) in [4.78, 5) is 0. The minimum atomic E-state index is -3.63. The highest BCUT2D eigenvalue weighted by molar-refractivity contribution is 7.92. The summed E-state index contributed by atoms with van der Waals surface area (Å²) in [6.45, 7) is 1.46. The zero-order valence-electron chi connectivity index (χ0n) is 11.4. The summed E-state index contributed by atoms with van der Waals surface area (Å²) >= 11 is 6.00. The molecule has 21 heavy (non-hydrogen) atoms. The van der Waals surface area contributed by atoms with E-state index in [1.807, 2.05) is 0 Å². The Balaban J connectivity index is 2.60. The number of halogens is 1. The molecule has 0 fully saturated rings. The van der Waals surface area contributed by atoms with Crippen LogP contribution in [0.1, 0.15) is 6.92 Å². The summed E-state index contributed by atoms with van der Waals surface area (Å²) in [5.74, 6) is -1.83. The van der Waals surface area contributed by atoms with Gasteiger partial charge in [-0.2, -0.15) is 0 Å². The second-order valence-electron chi connectivity index (χ2n) is 4.28. The second kappa shape index (κ2) is 5.50. The number of hydrogen-bond acceptors (Lipinski definition) is 5. The van der Waals surface area contributed by atoms with Gasteiger partial charge in [-0.05, 0) is 19.1 Å². The minimum Gasteiger partial charge on any atom is -0.502 e. The molecule has 0 aliphatic heterocycles. The molecule has 0 saturated heterocycles. The van der Waals surface area contributed by atoms with E-state index in [9.17, 15) is 18.6 Å². The molecule has 0 spiro atoms. The van der Waals surface area contributed by atoms with E-state index >= 15 is 0 Å². The molecular formula is C13H14ClNO5S. The fourth-order valence-corrected chi connectivity index (χ4v) is 2.75. The van der Waals surface area contributed by atoms with Gasteiger partial charge in [0.2, 0.25) is 21.5 Å². The number of rotatable bonds is 4. The third-order valence-electron chi connectivity index (χ3n) is 3.03. The molecular weight excluding hydrogens is 318 g/mol. The van der Waals surface area contributed by atoms with E-state index in [0.717, 1.165) is 4.31 Å². The third kappa shape index (κ3) is 2.66. The van der Waals surface area contributed by atoms with Crippen LogP contribution in [0, 0.1) is 0 Å². The van der Waals surface area contributed by atoms with Gasteiger partial charge < -0.3 is 14.6 Å². The number of furan rings is 1. The third-order valence-corrected chi connectivity index (χ3v) is 5.09. The Morgan fingerprint density at radius 2 is 1.86 bits per heavy atom.